The molecule has 148 valence electrons. The van der Waals surface area contributed by atoms with Crippen LogP contribution in [0.2, 0.25) is 10.0 Å². The highest BCUT2D eigenvalue weighted by Crippen LogP contribution is 2.39. The van der Waals surface area contributed by atoms with Crippen molar-refractivity contribution in [1.82, 2.24) is 9.78 Å². The molecule has 0 aliphatic heterocycles. The summed E-state index contributed by atoms with van der Waals surface area (Å²) in [5.74, 6) is -0.577. The lowest BCUT2D eigenvalue weighted by Crippen LogP contribution is -2.23. The standard InChI is InChI=1S/C17H16Cl2N4O5/c1-9-11(8-21-26-5-4-20)16(23(3)22-9)28-15-7-14(12(18)6-13(15)19)27-10(2)17(24)25/h6-8,10H,5H2,1-3H3,(H,24,25)/b21-8+/t10-/m0/s1. The first-order chi connectivity index (χ1) is 13.2. The monoisotopic (exact) mass is 426 g/mol. The van der Waals surface area contributed by atoms with E-state index in [1.807, 2.05) is 0 Å². The van der Waals surface area contributed by atoms with Crippen molar-refractivity contribution in [3.05, 3.63) is 33.4 Å². The maximum Gasteiger partial charge on any atom is 0.344 e. The molecule has 1 N–H and O–H groups in total. The number of rotatable bonds is 8. The van der Waals surface area contributed by atoms with Gasteiger partial charge in [0.2, 0.25) is 12.5 Å². The molecule has 11 heteroatoms. The summed E-state index contributed by atoms with van der Waals surface area (Å²) in [6.45, 7) is 2.91. The minimum Gasteiger partial charge on any atom is -0.479 e. The highest BCUT2D eigenvalue weighted by atomic mass is 35.5. The number of hydrogen-bond donors (Lipinski definition) is 1. The van der Waals surface area contributed by atoms with Gasteiger partial charge in [0.25, 0.3) is 0 Å². The van der Waals surface area contributed by atoms with Gasteiger partial charge in [0.1, 0.15) is 11.8 Å². The number of carboxylic acid groups (broad SMARTS) is 1. The van der Waals surface area contributed by atoms with Crippen LogP contribution in [0.4, 0.5) is 0 Å². The fourth-order valence-electron chi connectivity index (χ4n) is 2.10. The Balaban J connectivity index is 2.36. The van der Waals surface area contributed by atoms with Crippen LogP contribution >= 0.6 is 23.2 Å². The van der Waals surface area contributed by atoms with E-state index in [9.17, 15) is 4.79 Å². The largest absolute Gasteiger partial charge is 0.479 e. The Morgan fingerprint density at radius 1 is 1.43 bits per heavy atom. The number of oxime groups is 1. The van der Waals surface area contributed by atoms with Gasteiger partial charge < -0.3 is 19.4 Å². The molecule has 0 radical (unpaired) electrons. The Morgan fingerprint density at radius 3 is 2.75 bits per heavy atom. The van der Waals surface area contributed by atoms with E-state index in [1.54, 1.807) is 20.0 Å². The number of hydrogen-bond acceptors (Lipinski definition) is 7. The highest BCUT2D eigenvalue weighted by Gasteiger charge is 2.20. The smallest absolute Gasteiger partial charge is 0.344 e. The van der Waals surface area contributed by atoms with Crippen LogP contribution in [0.25, 0.3) is 0 Å². The van der Waals surface area contributed by atoms with Gasteiger partial charge in [-0.3, -0.25) is 0 Å². The number of aliphatic carboxylic acids is 1. The average molecular weight is 427 g/mol. The molecular weight excluding hydrogens is 411 g/mol. The normalized spacial score (nSPS) is 11.9. The fourth-order valence-corrected chi connectivity index (χ4v) is 2.57. The summed E-state index contributed by atoms with van der Waals surface area (Å²) >= 11 is 12.3. The molecule has 0 aliphatic rings. The molecule has 2 aromatic rings. The lowest BCUT2D eigenvalue weighted by atomic mass is 10.2. The molecule has 0 saturated heterocycles. The van der Waals surface area contributed by atoms with Crippen molar-refractivity contribution in [2.75, 3.05) is 6.61 Å². The van der Waals surface area contributed by atoms with Gasteiger partial charge in [-0.1, -0.05) is 28.4 Å². The van der Waals surface area contributed by atoms with Gasteiger partial charge in [-0.15, -0.1) is 0 Å². The van der Waals surface area contributed by atoms with E-state index in [2.05, 4.69) is 10.3 Å². The summed E-state index contributed by atoms with van der Waals surface area (Å²) in [7, 11) is 1.66. The number of nitrogens with zero attached hydrogens (tertiary/aromatic N) is 4. The van der Waals surface area contributed by atoms with Gasteiger partial charge in [-0.05, 0) is 19.9 Å². The number of aryl methyl sites for hydroxylation is 2. The molecule has 0 saturated carbocycles. The van der Waals surface area contributed by atoms with Crippen molar-refractivity contribution >= 4 is 35.4 Å². The topological polar surface area (TPSA) is 119 Å². The number of nitriles is 1. The summed E-state index contributed by atoms with van der Waals surface area (Å²) in [6, 6.07) is 4.57. The second-order valence-electron chi connectivity index (χ2n) is 5.51. The van der Waals surface area contributed by atoms with Crippen molar-refractivity contribution < 1.29 is 24.2 Å². The molecule has 0 spiro atoms. The van der Waals surface area contributed by atoms with Gasteiger partial charge in [0, 0.05) is 13.1 Å². The maximum absolute atomic E-state index is 11.0. The van der Waals surface area contributed by atoms with Crippen LogP contribution in [0.1, 0.15) is 18.2 Å². The highest BCUT2D eigenvalue weighted by molar-refractivity contribution is 6.36. The van der Waals surface area contributed by atoms with Gasteiger partial charge in [0.15, 0.2) is 11.9 Å². The number of ether oxygens (including phenoxy) is 2. The van der Waals surface area contributed by atoms with Crippen LogP contribution in [0.5, 0.6) is 17.4 Å². The average Bonchev–Trinajstić information content (AvgIpc) is 2.89. The number of carboxylic acids is 1. The zero-order chi connectivity index (χ0) is 20.8. The van der Waals surface area contributed by atoms with Crippen LogP contribution in [-0.4, -0.2) is 39.8 Å². The summed E-state index contributed by atoms with van der Waals surface area (Å²) in [5, 5.41) is 25.8. The lowest BCUT2D eigenvalue weighted by Gasteiger charge is -2.15. The minimum atomic E-state index is -1.15. The van der Waals surface area contributed by atoms with Crippen LogP contribution in [0.3, 0.4) is 0 Å². The Bertz CT molecular complexity index is 952. The fraction of sp³-hybridized carbons (Fsp3) is 0.294. The summed E-state index contributed by atoms with van der Waals surface area (Å²) < 4.78 is 12.6. The Labute approximate surface area is 170 Å². The third-order valence-electron chi connectivity index (χ3n) is 3.44. The first-order valence-corrected chi connectivity index (χ1v) is 8.62. The van der Waals surface area contributed by atoms with Gasteiger partial charge >= 0.3 is 5.97 Å². The maximum atomic E-state index is 11.0. The molecule has 2 rings (SSSR count). The molecule has 0 fully saturated rings. The molecule has 28 heavy (non-hydrogen) atoms. The Morgan fingerprint density at radius 2 is 2.11 bits per heavy atom. The molecule has 0 bridgehead atoms. The van der Waals surface area contributed by atoms with Crippen LogP contribution in [-0.2, 0) is 16.7 Å². The first kappa shape index (κ1) is 21.3. The van der Waals surface area contributed by atoms with Crippen molar-refractivity contribution in [1.29, 1.82) is 5.26 Å². The van der Waals surface area contributed by atoms with E-state index in [0.717, 1.165) is 0 Å². The number of halogens is 2. The third-order valence-corrected chi connectivity index (χ3v) is 4.03. The van der Waals surface area contributed by atoms with Crippen LogP contribution in [0, 0.1) is 18.3 Å². The molecule has 0 unspecified atom stereocenters. The van der Waals surface area contributed by atoms with E-state index in [4.69, 9.17) is 47.9 Å². The molecule has 1 atom stereocenters. The molecule has 9 nitrogen and oxygen atoms in total. The van der Waals surface area contributed by atoms with E-state index >= 15 is 0 Å². The molecule has 1 aromatic heterocycles. The molecule has 0 aliphatic carbocycles. The van der Waals surface area contributed by atoms with Crippen LogP contribution in [0.15, 0.2) is 17.3 Å². The molecular formula is C17H16Cl2N4O5. The zero-order valence-corrected chi connectivity index (χ0v) is 16.7. The predicted octanol–water partition coefficient (Wildman–Crippen LogP) is 3.55. The van der Waals surface area contributed by atoms with E-state index in [1.165, 1.54) is 30.0 Å². The lowest BCUT2D eigenvalue weighted by molar-refractivity contribution is -0.144. The van der Waals surface area contributed by atoms with E-state index in [-0.39, 0.29) is 28.2 Å². The Kier molecular flexibility index (Phi) is 7.09. The predicted molar refractivity (Wildman–Crippen MR) is 101 cm³/mol. The second kappa shape index (κ2) is 9.30. The zero-order valence-electron chi connectivity index (χ0n) is 15.1. The summed E-state index contributed by atoms with van der Waals surface area (Å²) in [4.78, 5) is 15.8. The van der Waals surface area contributed by atoms with Crippen LogP contribution < -0.4 is 9.47 Å². The van der Waals surface area contributed by atoms with E-state index < -0.39 is 12.1 Å². The van der Waals surface area contributed by atoms with Crippen molar-refractivity contribution in [3.63, 3.8) is 0 Å². The summed E-state index contributed by atoms with van der Waals surface area (Å²) in [6.07, 6.45) is 0.244. The van der Waals surface area contributed by atoms with Crippen molar-refractivity contribution in [2.45, 2.75) is 20.0 Å². The van der Waals surface area contributed by atoms with E-state index in [0.29, 0.717) is 17.1 Å². The summed E-state index contributed by atoms with van der Waals surface area (Å²) in [5.41, 5.74) is 1.11. The number of carbonyl (C=O) groups is 1. The SMILES string of the molecule is Cc1nn(C)c(Oc2cc(O[C@@H](C)C(=O)O)c(Cl)cc2Cl)c1/C=N/OCC#N. The third kappa shape index (κ3) is 5.06. The van der Waals surface area contributed by atoms with Crippen molar-refractivity contribution in [2.24, 2.45) is 12.2 Å². The molecule has 1 heterocycles. The second-order valence-corrected chi connectivity index (χ2v) is 6.32. The van der Waals surface area contributed by atoms with Gasteiger partial charge in [0.05, 0.1) is 27.5 Å². The van der Waals surface area contributed by atoms with Gasteiger partial charge in [-0.2, -0.15) is 10.4 Å². The van der Waals surface area contributed by atoms with Crippen molar-refractivity contribution in [3.8, 4) is 23.4 Å². The molecule has 1 aromatic carbocycles. The number of benzene rings is 1. The number of aromatic nitrogens is 2. The Hall–Kier alpha value is -2.96. The minimum absolute atomic E-state index is 0.0995. The quantitative estimate of drug-likeness (QED) is 0.389. The van der Waals surface area contributed by atoms with Gasteiger partial charge in [-0.25, -0.2) is 9.48 Å². The molecule has 0 amide bonds. The first-order valence-electron chi connectivity index (χ1n) is 7.86.